The van der Waals surface area contributed by atoms with E-state index in [9.17, 15) is 4.79 Å². The zero-order valence-electron chi connectivity index (χ0n) is 9.62. The van der Waals surface area contributed by atoms with E-state index >= 15 is 0 Å². The molecule has 5 N–H and O–H groups in total. The number of carboxylic acids is 1. The van der Waals surface area contributed by atoms with Gasteiger partial charge >= 0.3 is 5.97 Å². The third-order valence-corrected chi connectivity index (χ3v) is 3.26. The molecule has 2 aromatic heterocycles. The molecule has 7 nitrogen and oxygen atoms in total. The molecule has 0 aliphatic heterocycles. The number of hydrogen-bond acceptors (Lipinski definition) is 6. The minimum absolute atomic E-state index is 0.0313. The van der Waals surface area contributed by atoms with Crippen LogP contribution < -0.4 is 11.1 Å². The van der Waals surface area contributed by atoms with Gasteiger partial charge in [-0.2, -0.15) is 5.10 Å². The lowest BCUT2D eigenvalue weighted by Gasteiger charge is -2.10. The Bertz CT molecular complexity index is 524. The summed E-state index contributed by atoms with van der Waals surface area (Å²) in [6.07, 6.45) is 3.50. The normalized spacial score (nSPS) is 14.1. The molecule has 0 radical (unpaired) electrons. The lowest BCUT2D eigenvalue weighted by Crippen LogP contribution is -2.21. The number of anilines is 1. The van der Waals surface area contributed by atoms with Crippen LogP contribution in [0.25, 0.3) is 0 Å². The molecular weight excluding hydrogens is 254 g/mol. The summed E-state index contributed by atoms with van der Waals surface area (Å²) in [5.74, 6) is -1.09. The van der Waals surface area contributed by atoms with Crippen molar-refractivity contribution in [3.05, 3.63) is 29.0 Å². The van der Waals surface area contributed by atoms with Gasteiger partial charge in [-0.25, -0.2) is 4.98 Å². The number of hydrogen-bond donors (Lipinski definition) is 4. The van der Waals surface area contributed by atoms with Gasteiger partial charge in [-0.1, -0.05) is 0 Å². The lowest BCUT2D eigenvalue weighted by atomic mass is 10.2. The number of aromatic nitrogens is 3. The van der Waals surface area contributed by atoms with Gasteiger partial charge in [0.15, 0.2) is 5.13 Å². The van der Waals surface area contributed by atoms with E-state index < -0.39 is 12.0 Å². The SMILES string of the molecule is CC(Nc1nc(C(N)C(=O)O)cs1)c1cn[nH]c1. The molecule has 0 bridgehead atoms. The highest BCUT2D eigenvalue weighted by Gasteiger charge is 2.18. The van der Waals surface area contributed by atoms with E-state index in [4.69, 9.17) is 10.8 Å². The number of carboxylic acid groups (broad SMARTS) is 1. The molecule has 0 spiro atoms. The maximum absolute atomic E-state index is 10.7. The fraction of sp³-hybridized carbons (Fsp3) is 0.300. The summed E-state index contributed by atoms with van der Waals surface area (Å²) in [6, 6.07) is -1.05. The van der Waals surface area contributed by atoms with Crippen LogP contribution in [0.3, 0.4) is 0 Å². The van der Waals surface area contributed by atoms with Crippen molar-refractivity contribution in [1.29, 1.82) is 0 Å². The summed E-state index contributed by atoms with van der Waals surface area (Å²) >= 11 is 1.32. The van der Waals surface area contributed by atoms with Gasteiger partial charge in [-0.05, 0) is 6.92 Å². The Kier molecular flexibility index (Phi) is 3.58. The van der Waals surface area contributed by atoms with Crippen LogP contribution >= 0.6 is 11.3 Å². The number of carbonyl (C=O) groups is 1. The third-order valence-electron chi connectivity index (χ3n) is 2.47. The molecule has 2 rings (SSSR count). The van der Waals surface area contributed by atoms with E-state index in [-0.39, 0.29) is 6.04 Å². The Morgan fingerprint density at radius 1 is 1.67 bits per heavy atom. The standard InChI is InChI=1S/C10H13N5O2S/c1-5(6-2-12-13-3-6)14-10-15-7(4-18-10)8(11)9(16)17/h2-5,8H,11H2,1H3,(H,12,13)(H,14,15)(H,16,17). The second-order valence-corrected chi connectivity index (χ2v) is 4.65. The van der Waals surface area contributed by atoms with Gasteiger partial charge in [-0.3, -0.25) is 9.89 Å². The van der Waals surface area contributed by atoms with Crippen LogP contribution in [0, 0.1) is 0 Å². The molecule has 2 heterocycles. The van der Waals surface area contributed by atoms with Crippen LogP contribution in [-0.4, -0.2) is 26.3 Å². The minimum atomic E-state index is -1.09. The first kappa shape index (κ1) is 12.5. The first-order valence-electron chi connectivity index (χ1n) is 5.27. The Balaban J connectivity index is 2.05. The summed E-state index contributed by atoms with van der Waals surface area (Å²) in [4.78, 5) is 14.9. The topological polar surface area (TPSA) is 117 Å². The van der Waals surface area contributed by atoms with E-state index in [2.05, 4.69) is 20.5 Å². The van der Waals surface area contributed by atoms with Crippen molar-refractivity contribution < 1.29 is 9.90 Å². The van der Waals surface area contributed by atoms with Crippen LogP contribution in [0.4, 0.5) is 5.13 Å². The molecule has 0 fully saturated rings. The van der Waals surface area contributed by atoms with Crippen molar-refractivity contribution in [1.82, 2.24) is 15.2 Å². The second-order valence-electron chi connectivity index (χ2n) is 3.79. The van der Waals surface area contributed by atoms with Gasteiger partial charge < -0.3 is 16.2 Å². The number of nitrogens with one attached hydrogen (secondary N) is 2. The molecule has 2 unspecified atom stereocenters. The molecule has 0 amide bonds. The first-order valence-corrected chi connectivity index (χ1v) is 6.15. The van der Waals surface area contributed by atoms with Gasteiger partial charge in [-0.15, -0.1) is 11.3 Å². The number of thiazole rings is 1. The second kappa shape index (κ2) is 5.15. The first-order chi connectivity index (χ1) is 8.58. The molecule has 2 atom stereocenters. The van der Waals surface area contributed by atoms with Gasteiger partial charge in [0.05, 0.1) is 17.9 Å². The summed E-state index contributed by atoms with van der Waals surface area (Å²) in [7, 11) is 0. The van der Waals surface area contributed by atoms with E-state index in [1.807, 2.05) is 6.92 Å². The van der Waals surface area contributed by atoms with Crippen LogP contribution in [0.2, 0.25) is 0 Å². The van der Waals surface area contributed by atoms with Crippen LogP contribution in [0.15, 0.2) is 17.8 Å². The molecule has 0 aromatic carbocycles. The molecule has 0 saturated carbocycles. The highest BCUT2D eigenvalue weighted by Crippen LogP contribution is 2.23. The number of aliphatic carboxylic acids is 1. The Morgan fingerprint density at radius 3 is 3.06 bits per heavy atom. The van der Waals surface area contributed by atoms with Gasteiger partial charge in [0.25, 0.3) is 0 Å². The zero-order chi connectivity index (χ0) is 13.1. The predicted octanol–water partition coefficient (Wildman–Crippen LogP) is 1.12. The third kappa shape index (κ3) is 2.66. The summed E-state index contributed by atoms with van der Waals surface area (Å²) < 4.78 is 0. The molecule has 8 heteroatoms. The highest BCUT2D eigenvalue weighted by molar-refractivity contribution is 7.13. The summed E-state index contributed by atoms with van der Waals surface area (Å²) in [5.41, 5.74) is 6.83. The van der Waals surface area contributed by atoms with Crippen molar-refractivity contribution >= 4 is 22.4 Å². The number of H-pyrrole nitrogens is 1. The zero-order valence-corrected chi connectivity index (χ0v) is 10.4. The van der Waals surface area contributed by atoms with E-state index in [1.165, 1.54) is 11.3 Å². The molecule has 18 heavy (non-hydrogen) atoms. The fourth-order valence-electron chi connectivity index (χ4n) is 1.39. The Hall–Kier alpha value is -1.93. The van der Waals surface area contributed by atoms with Crippen molar-refractivity contribution in [2.24, 2.45) is 5.73 Å². The summed E-state index contributed by atoms with van der Waals surface area (Å²) in [5, 5.41) is 20.8. The van der Waals surface area contributed by atoms with Crippen molar-refractivity contribution in [3.63, 3.8) is 0 Å². The molecule has 0 aliphatic carbocycles. The van der Waals surface area contributed by atoms with E-state index in [0.717, 1.165) is 5.56 Å². The largest absolute Gasteiger partial charge is 0.480 e. The maximum atomic E-state index is 10.7. The quantitative estimate of drug-likeness (QED) is 0.645. The van der Waals surface area contributed by atoms with Crippen LogP contribution in [-0.2, 0) is 4.79 Å². The number of nitrogens with zero attached hydrogens (tertiary/aromatic N) is 2. The van der Waals surface area contributed by atoms with E-state index in [0.29, 0.717) is 10.8 Å². The number of nitrogens with two attached hydrogens (primary N) is 1. The molecular formula is C10H13N5O2S. The van der Waals surface area contributed by atoms with E-state index in [1.54, 1.807) is 17.8 Å². The van der Waals surface area contributed by atoms with Gasteiger partial charge in [0.2, 0.25) is 0 Å². The maximum Gasteiger partial charge on any atom is 0.326 e. The average molecular weight is 267 g/mol. The monoisotopic (exact) mass is 267 g/mol. The van der Waals surface area contributed by atoms with Crippen molar-refractivity contribution in [2.45, 2.75) is 19.0 Å². The molecule has 96 valence electrons. The van der Waals surface area contributed by atoms with Crippen LogP contribution in [0.5, 0.6) is 0 Å². The number of rotatable bonds is 5. The van der Waals surface area contributed by atoms with Crippen molar-refractivity contribution in [2.75, 3.05) is 5.32 Å². The van der Waals surface area contributed by atoms with Crippen molar-refractivity contribution in [3.8, 4) is 0 Å². The molecule has 0 aliphatic rings. The predicted molar refractivity (Wildman–Crippen MR) is 67.3 cm³/mol. The average Bonchev–Trinajstić information content (AvgIpc) is 2.98. The molecule has 2 aromatic rings. The minimum Gasteiger partial charge on any atom is -0.480 e. The number of aromatic amines is 1. The smallest absolute Gasteiger partial charge is 0.326 e. The van der Waals surface area contributed by atoms with Gasteiger partial charge in [0.1, 0.15) is 6.04 Å². The highest BCUT2D eigenvalue weighted by atomic mass is 32.1. The summed E-state index contributed by atoms with van der Waals surface area (Å²) in [6.45, 7) is 1.96. The van der Waals surface area contributed by atoms with Crippen LogP contribution in [0.1, 0.15) is 30.3 Å². The molecule has 0 saturated heterocycles. The lowest BCUT2D eigenvalue weighted by molar-refractivity contribution is -0.138. The Labute approximate surface area is 107 Å². The van der Waals surface area contributed by atoms with Gasteiger partial charge in [0, 0.05) is 17.1 Å². The Morgan fingerprint density at radius 2 is 2.44 bits per heavy atom. The fourth-order valence-corrected chi connectivity index (χ4v) is 2.22.